The van der Waals surface area contributed by atoms with Crippen molar-refractivity contribution < 1.29 is 33.6 Å². The molecule has 3 heterocycles. The van der Waals surface area contributed by atoms with Crippen LogP contribution in [0.1, 0.15) is 53.9 Å². The number of hydrogen-bond acceptors (Lipinski definition) is 8. The lowest BCUT2D eigenvalue weighted by atomic mass is 9.88. The zero-order chi connectivity index (χ0) is 25.8. The van der Waals surface area contributed by atoms with E-state index in [-0.39, 0.29) is 36.0 Å². The third-order valence-corrected chi connectivity index (χ3v) is 6.88. The molecule has 0 saturated carbocycles. The van der Waals surface area contributed by atoms with Crippen molar-refractivity contribution in [3.05, 3.63) is 36.0 Å². The van der Waals surface area contributed by atoms with Gasteiger partial charge in [-0.25, -0.2) is 0 Å². The first-order chi connectivity index (χ1) is 16.5. The third kappa shape index (κ3) is 7.72. The number of epoxide rings is 1. The summed E-state index contributed by atoms with van der Waals surface area (Å²) in [5.41, 5.74) is 6.45. The molecule has 0 aromatic rings. The van der Waals surface area contributed by atoms with E-state index in [1.807, 2.05) is 26.0 Å². The highest BCUT2D eigenvalue weighted by atomic mass is 16.6. The van der Waals surface area contributed by atoms with E-state index >= 15 is 0 Å². The van der Waals surface area contributed by atoms with Crippen molar-refractivity contribution >= 4 is 11.9 Å². The van der Waals surface area contributed by atoms with Crippen LogP contribution in [0.15, 0.2) is 36.0 Å². The molecule has 0 radical (unpaired) electrons. The van der Waals surface area contributed by atoms with Gasteiger partial charge in [-0.1, -0.05) is 30.7 Å². The number of ether oxygens (including phenoxy) is 4. The molecule has 3 rings (SSSR count). The Morgan fingerprint density at radius 3 is 2.63 bits per heavy atom. The highest BCUT2D eigenvalue weighted by Crippen LogP contribution is 2.41. The van der Waals surface area contributed by atoms with Gasteiger partial charge in [-0.05, 0) is 45.6 Å². The van der Waals surface area contributed by atoms with Crippen LogP contribution in [-0.2, 0) is 28.5 Å². The fraction of sp³-hybridized carbons (Fsp3) is 0.692. The van der Waals surface area contributed by atoms with Gasteiger partial charge >= 0.3 is 5.97 Å². The molecule has 9 heteroatoms. The van der Waals surface area contributed by atoms with Crippen molar-refractivity contribution in [2.75, 3.05) is 6.61 Å². The molecule has 0 aromatic carbocycles. The maximum Gasteiger partial charge on any atom is 0.303 e. The lowest BCUT2D eigenvalue weighted by Crippen LogP contribution is -2.52. The van der Waals surface area contributed by atoms with Gasteiger partial charge in [0.1, 0.15) is 30.1 Å². The van der Waals surface area contributed by atoms with Crippen LogP contribution in [0.2, 0.25) is 0 Å². The second-order valence-electron chi connectivity index (χ2n) is 10.1. The number of hydrogen-bond donors (Lipinski definition) is 3. The molecule has 9 nitrogen and oxygen atoms in total. The second-order valence-corrected chi connectivity index (χ2v) is 10.1. The molecule has 196 valence electrons. The number of carbonyl (C=O) groups excluding carboxylic acids is 2. The molecule has 0 aliphatic carbocycles. The number of rotatable bonds is 8. The Kier molecular flexibility index (Phi) is 9.28. The van der Waals surface area contributed by atoms with Gasteiger partial charge in [-0.2, -0.15) is 0 Å². The Labute approximate surface area is 207 Å². The first-order valence-corrected chi connectivity index (χ1v) is 12.4. The second kappa shape index (κ2) is 11.8. The van der Waals surface area contributed by atoms with Gasteiger partial charge in [0.15, 0.2) is 0 Å². The van der Waals surface area contributed by atoms with E-state index in [0.717, 1.165) is 18.4 Å². The van der Waals surface area contributed by atoms with Gasteiger partial charge in [0.25, 0.3) is 0 Å². The van der Waals surface area contributed by atoms with Crippen molar-refractivity contribution in [2.24, 2.45) is 11.7 Å². The van der Waals surface area contributed by atoms with Crippen molar-refractivity contribution in [3.8, 4) is 0 Å². The van der Waals surface area contributed by atoms with E-state index in [1.165, 1.54) is 13.0 Å². The van der Waals surface area contributed by atoms with Crippen molar-refractivity contribution in [3.63, 3.8) is 0 Å². The number of aliphatic hydroxyl groups excluding tert-OH is 1. The Morgan fingerprint density at radius 1 is 1.26 bits per heavy atom. The summed E-state index contributed by atoms with van der Waals surface area (Å²) in [7, 11) is 0. The van der Waals surface area contributed by atoms with Crippen LogP contribution in [0.3, 0.4) is 0 Å². The topological polar surface area (TPSA) is 133 Å². The maximum absolute atomic E-state index is 12.3. The Bertz CT molecular complexity index is 851. The Hall–Kier alpha value is -2.04. The normalized spacial score (nSPS) is 38.6. The van der Waals surface area contributed by atoms with E-state index < -0.39 is 30.1 Å². The SMILES string of the molecule is CC(=O)OC(C)C=CC(=O)NC1CC(C)C(CC=C(C)C=CC2OC(N)CC3(CO3)C2O)OC1C. The molecule has 4 N–H and O–H groups in total. The van der Waals surface area contributed by atoms with E-state index in [2.05, 4.69) is 18.3 Å². The fourth-order valence-corrected chi connectivity index (χ4v) is 4.70. The van der Waals surface area contributed by atoms with Gasteiger partial charge in [-0.15, -0.1) is 0 Å². The molecule has 9 unspecified atom stereocenters. The van der Waals surface area contributed by atoms with E-state index in [4.69, 9.17) is 24.7 Å². The predicted molar refractivity (Wildman–Crippen MR) is 130 cm³/mol. The van der Waals surface area contributed by atoms with Crippen LogP contribution >= 0.6 is 0 Å². The number of allylic oxidation sites excluding steroid dienone is 2. The van der Waals surface area contributed by atoms with E-state index in [0.29, 0.717) is 13.0 Å². The Balaban J connectivity index is 1.47. The smallest absolute Gasteiger partial charge is 0.303 e. The van der Waals surface area contributed by atoms with Crippen LogP contribution in [0.5, 0.6) is 0 Å². The zero-order valence-corrected chi connectivity index (χ0v) is 21.3. The number of amides is 1. The standard InChI is InChI=1S/C26H40N2O7/c1-15(7-10-22-25(31)26(14-32-26)13-23(27)35-22)6-9-21-16(2)12-20(18(4)34-21)28-24(30)11-8-17(3)33-19(5)29/h6-8,10-11,16-18,20-23,25,31H,9,12-14,27H2,1-5H3,(H,28,30). The summed E-state index contributed by atoms with van der Waals surface area (Å²) in [4.78, 5) is 23.3. The van der Waals surface area contributed by atoms with E-state index in [9.17, 15) is 14.7 Å². The lowest BCUT2D eigenvalue weighted by molar-refractivity contribution is -0.143. The lowest BCUT2D eigenvalue weighted by Gasteiger charge is -2.39. The van der Waals surface area contributed by atoms with Crippen molar-refractivity contribution in [1.82, 2.24) is 5.32 Å². The monoisotopic (exact) mass is 492 g/mol. The summed E-state index contributed by atoms with van der Waals surface area (Å²) < 4.78 is 22.4. The number of nitrogens with one attached hydrogen (secondary N) is 1. The van der Waals surface area contributed by atoms with Gasteiger partial charge in [0, 0.05) is 19.4 Å². The molecule has 3 aliphatic heterocycles. The highest BCUT2D eigenvalue weighted by molar-refractivity contribution is 5.87. The minimum absolute atomic E-state index is 0.0362. The van der Waals surface area contributed by atoms with Gasteiger partial charge in [-0.3, -0.25) is 9.59 Å². The third-order valence-electron chi connectivity index (χ3n) is 6.88. The molecule has 3 fully saturated rings. The first kappa shape index (κ1) is 27.5. The van der Waals surface area contributed by atoms with Crippen LogP contribution in [-0.4, -0.2) is 72.0 Å². The molecule has 35 heavy (non-hydrogen) atoms. The van der Waals surface area contributed by atoms with Crippen molar-refractivity contribution in [2.45, 2.75) is 102 Å². The fourth-order valence-electron chi connectivity index (χ4n) is 4.70. The molecule has 9 atom stereocenters. The quantitative estimate of drug-likeness (QED) is 0.203. The summed E-state index contributed by atoms with van der Waals surface area (Å²) in [5, 5.41) is 13.5. The predicted octanol–water partition coefficient (Wildman–Crippen LogP) is 1.89. The molecule has 0 aromatic heterocycles. The average molecular weight is 493 g/mol. The van der Waals surface area contributed by atoms with Gasteiger partial charge < -0.3 is 35.1 Å². The summed E-state index contributed by atoms with van der Waals surface area (Å²) >= 11 is 0. The number of aliphatic hydroxyl groups is 1. The molecule has 1 spiro atoms. The Morgan fingerprint density at radius 2 is 1.97 bits per heavy atom. The number of nitrogens with two attached hydrogens (primary N) is 1. The molecule has 3 aliphatic rings. The summed E-state index contributed by atoms with van der Waals surface area (Å²) in [5.74, 6) is -0.370. The molecule has 3 saturated heterocycles. The maximum atomic E-state index is 12.3. The van der Waals surface area contributed by atoms with E-state index in [1.54, 1.807) is 13.0 Å². The molecular weight excluding hydrogens is 452 g/mol. The van der Waals surface area contributed by atoms with Crippen LogP contribution in [0.25, 0.3) is 0 Å². The molecule has 1 amide bonds. The molecule has 0 bridgehead atoms. The summed E-state index contributed by atoms with van der Waals surface area (Å²) in [6.45, 7) is 9.64. The average Bonchev–Trinajstić information content (AvgIpc) is 3.54. The first-order valence-electron chi connectivity index (χ1n) is 12.4. The molecular formula is C26H40N2O7. The minimum atomic E-state index is -0.722. The largest absolute Gasteiger partial charge is 0.459 e. The van der Waals surface area contributed by atoms with Gasteiger partial charge in [0.05, 0.1) is 24.9 Å². The number of esters is 1. The van der Waals surface area contributed by atoms with Crippen LogP contribution in [0.4, 0.5) is 0 Å². The zero-order valence-electron chi connectivity index (χ0n) is 21.3. The van der Waals surface area contributed by atoms with Crippen molar-refractivity contribution in [1.29, 1.82) is 0 Å². The summed E-state index contributed by atoms with van der Waals surface area (Å²) in [6.07, 6.45) is 8.67. The number of carbonyl (C=O) groups is 2. The van der Waals surface area contributed by atoms with Crippen LogP contribution in [0, 0.1) is 5.92 Å². The highest BCUT2D eigenvalue weighted by Gasteiger charge is 2.57. The van der Waals surface area contributed by atoms with Crippen LogP contribution < -0.4 is 11.1 Å². The summed E-state index contributed by atoms with van der Waals surface area (Å²) in [6, 6.07) is -0.0986. The van der Waals surface area contributed by atoms with Gasteiger partial charge in [0.2, 0.25) is 5.91 Å². The minimum Gasteiger partial charge on any atom is -0.459 e.